The number of rotatable bonds is 12. The van der Waals surface area contributed by atoms with Crippen LogP contribution in [0.1, 0.15) is 0 Å². The summed E-state index contributed by atoms with van der Waals surface area (Å²) in [6.07, 6.45) is 0. The molecule has 0 fully saturated rings. The third kappa shape index (κ3) is 8.61. The molecular weight excluding hydrogens is 999 g/mol. The third-order valence-electron chi connectivity index (χ3n) is 15.5. The molecule has 15 rings (SSSR count). The van der Waals surface area contributed by atoms with E-state index in [1.165, 1.54) is 0 Å². The van der Waals surface area contributed by atoms with Gasteiger partial charge in [0, 0.05) is 72.5 Å². The Morgan fingerprint density at radius 1 is 0.232 bits per heavy atom. The molecule has 0 amide bonds. The number of anilines is 6. The summed E-state index contributed by atoms with van der Waals surface area (Å²) < 4.78 is 4.57. The summed E-state index contributed by atoms with van der Waals surface area (Å²) in [4.78, 5) is 21.1. The smallest absolute Gasteiger partial charge is 0.238 e. The molecule has 0 spiro atoms. The van der Waals surface area contributed by atoms with Gasteiger partial charge in [0.1, 0.15) is 0 Å². The summed E-state index contributed by atoms with van der Waals surface area (Å²) in [5.41, 5.74) is 17.8. The lowest BCUT2D eigenvalue weighted by atomic mass is 9.94. The number of fused-ring (bicyclic) bond motifs is 6. The summed E-state index contributed by atoms with van der Waals surface area (Å²) in [5, 5.41) is 4.49. The number of hydrogen-bond donors (Lipinski definition) is 0. The van der Waals surface area contributed by atoms with Crippen LogP contribution in [0.3, 0.4) is 0 Å². The quantitative estimate of drug-likeness (QED) is 0.122. The maximum Gasteiger partial charge on any atom is 0.238 e. The average molecular weight is 1050 g/mol. The number of hydrogen-bond acceptors (Lipinski definition) is 5. The van der Waals surface area contributed by atoms with E-state index in [4.69, 9.17) is 15.0 Å². The Kier molecular flexibility index (Phi) is 12.0. The highest BCUT2D eigenvalue weighted by Crippen LogP contribution is 2.43. The van der Waals surface area contributed by atoms with E-state index in [0.29, 0.717) is 17.6 Å². The van der Waals surface area contributed by atoms with Crippen molar-refractivity contribution in [2.24, 2.45) is 0 Å². The molecule has 15 aromatic rings. The van der Waals surface area contributed by atoms with Crippen LogP contribution >= 0.6 is 0 Å². The van der Waals surface area contributed by atoms with E-state index >= 15 is 0 Å². The topological polar surface area (TPSA) is 55.0 Å². The molecule has 0 saturated carbocycles. The van der Waals surface area contributed by atoms with Gasteiger partial charge in [-0.25, -0.2) is 4.98 Å². The van der Waals surface area contributed by atoms with E-state index < -0.39 is 0 Å². The summed E-state index contributed by atoms with van der Waals surface area (Å²) in [5.74, 6) is 1.65. The van der Waals surface area contributed by atoms with Gasteiger partial charge in [-0.3, -0.25) is 4.57 Å². The molecule has 82 heavy (non-hydrogen) atoms. The van der Waals surface area contributed by atoms with Gasteiger partial charge in [0.25, 0.3) is 0 Å². The molecule has 0 aliphatic rings. The van der Waals surface area contributed by atoms with Crippen molar-refractivity contribution in [1.29, 1.82) is 0 Å². The molecular formula is C75H51N7. The van der Waals surface area contributed by atoms with Gasteiger partial charge >= 0.3 is 0 Å². The van der Waals surface area contributed by atoms with Crippen LogP contribution in [0, 0.1) is 0 Å². The van der Waals surface area contributed by atoms with Crippen molar-refractivity contribution in [2.75, 3.05) is 9.80 Å². The molecule has 0 bridgehead atoms. The van der Waals surface area contributed by atoms with Crippen LogP contribution in [0.2, 0.25) is 0 Å². The molecule has 3 aromatic heterocycles. The Bertz CT molecular complexity index is 4730. The molecule has 0 saturated heterocycles. The number of nitrogens with zero attached hydrogens (tertiary/aromatic N) is 7. The standard InChI is InChI=1S/C75H51N7/c1-6-24-52(25-7-1)63-38-16-17-39-64(63)53-26-22-27-54(48-53)73-76-74(78-75(77-73)82-70-43-21-19-41-66(70)68-51-62(45-47-72(68)82)80(58-33-12-4-13-34-58)59-35-14-5-15-36-59)55-28-23-37-60(49-55)81-69-42-20-18-40-65(69)67-50-61(44-46-71(67)81)79(56-29-8-2-9-30-56)57-31-10-3-11-32-57/h1-51H. The monoisotopic (exact) mass is 1050 g/mol. The van der Waals surface area contributed by atoms with Gasteiger partial charge in [0.05, 0.1) is 22.1 Å². The predicted molar refractivity (Wildman–Crippen MR) is 340 cm³/mol. The number of benzene rings is 12. The van der Waals surface area contributed by atoms with Crippen LogP contribution in [-0.4, -0.2) is 24.1 Å². The van der Waals surface area contributed by atoms with Crippen LogP contribution in [0.15, 0.2) is 309 Å². The highest BCUT2D eigenvalue weighted by Gasteiger charge is 2.23. The summed E-state index contributed by atoms with van der Waals surface area (Å²) in [6, 6.07) is 109. The second-order valence-electron chi connectivity index (χ2n) is 20.4. The molecule has 386 valence electrons. The minimum atomic E-state index is 0.521. The summed E-state index contributed by atoms with van der Waals surface area (Å²) >= 11 is 0. The molecule has 0 N–H and O–H groups in total. The normalized spacial score (nSPS) is 11.4. The molecule has 0 aliphatic heterocycles. The molecule has 0 aliphatic carbocycles. The number of aromatic nitrogens is 5. The molecule has 12 aromatic carbocycles. The van der Waals surface area contributed by atoms with Crippen molar-refractivity contribution >= 4 is 77.7 Å². The van der Waals surface area contributed by atoms with Crippen LogP contribution in [0.5, 0.6) is 0 Å². The van der Waals surface area contributed by atoms with E-state index in [9.17, 15) is 0 Å². The van der Waals surface area contributed by atoms with Crippen LogP contribution < -0.4 is 9.80 Å². The number of para-hydroxylation sites is 6. The first-order valence-corrected chi connectivity index (χ1v) is 27.7. The fraction of sp³-hybridized carbons (Fsp3) is 0. The van der Waals surface area contributed by atoms with Gasteiger partial charge in [-0.2, -0.15) is 9.97 Å². The highest BCUT2D eigenvalue weighted by atomic mass is 15.2. The van der Waals surface area contributed by atoms with Crippen molar-refractivity contribution < 1.29 is 0 Å². The molecule has 0 atom stereocenters. The zero-order chi connectivity index (χ0) is 54.3. The average Bonchev–Trinajstić information content (AvgIpc) is 4.29. The molecule has 7 nitrogen and oxygen atoms in total. The van der Waals surface area contributed by atoms with Gasteiger partial charge in [0.2, 0.25) is 5.95 Å². The van der Waals surface area contributed by atoms with E-state index in [1.54, 1.807) is 0 Å². The predicted octanol–water partition coefficient (Wildman–Crippen LogP) is 19.7. The lowest BCUT2D eigenvalue weighted by Gasteiger charge is -2.25. The van der Waals surface area contributed by atoms with Crippen molar-refractivity contribution in [3.63, 3.8) is 0 Å². The Balaban J connectivity index is 0.913. The van der Waals surface area contributed by atoms with Gasteiger partial charge in [0.15, 0.2) is 11.6 Å². The van der Waals surface area contributed by atoms with Gasteiger partial charge < -0.3 is 14.4 Å². The van der Waals surface area contributed by atoms with Crippen molar-refractivity contribution in [3.05, 3.63) is 309 Å². The summed E-state index contributed by atoms with van der Waals surface area (Å²) in [7, 11) is 0. The van der Waals surface area contributed by atoms with Crippen LogP contribution in [0.4, 0.5) is 34.1 Å². The second kappa shape index (κ2) is 20.6. The third-order valence-corrected chi connectivity index (χ3v) is 15.5. The van der Waals surface area contributed by atoms with Crippen molar-refractivity contribution in [2.45, 2.75) is 0 Å². The molecule has 3 heterocycles. The minimum absolute atomic E-state index is 0.521. The second-order valence-corrected chi connectivity index (χ2v) is 20.4. The molecule has 0 radical (unpaired) electrons. The Morgan fingerprint density at radius 3 is 1.13 bits per heavy atom. The first-order chi connectivity index (χ1) is 40.7. The minimum Gasteiger partial charge on any atom is -0.310 e. The molecule has 7 heteroatoms. The maximum absolute atomic E-state index is 5.51. The largest absolute Gasteiger partial charge is 0.310 e. The van der Waals surface area contributed by atoms with Crippen LogP contribution in [-0.2, 0) is 0 Å². The van der Waals surface area contributed by atoms with Crippen molar-refractivity contribution in [3.8, 4) is 56.7 Å². The SMILES string of the molecule is c1ccc(-c2ccccc2-c2cccc(-c3nc(-c4cccc(-n5c6ccccc6c6cc(N(c7ccccc7)c7ccccc7)ccc65)c4)nc(-n4c5ccccc5c5cc(N(c6ccccc6)c6ccccc6)ccc54)n3)c2)cc1. The van der Waals surface area contributed by atoms with Crippen molar-refractivity contribution in [1.82, 2.24) is 24.1 Å². The van der Waals surface area contributed by atoms with Crippen LogP contribution in [0.25, 0.3) is 100 Å². The van der Waals surface area contributed by atoms with E-state index in [2.05, 4.69) is 328 Å². The summed E-state index contributed by atoms with van der Waals surface area (Å²) in [6.45, 7) is 0. The lowest BCUT2D eigenvalue weighted by molar-refractivity contribution is 0.953. The molecule has 0 unspecified atom stereocenters. The Hall–Kier alpha value is -11.2. The van der Waals surface area contributed by atoms with E-state index in [1.807, 2.05) is 0 Å². The maximum atomic E-state index is 5.51. The highest BCUT2D eigenvalue weighted by molar-refractivity contribution is 6.12. The van der Waals surface area contributed by atoms with E-state index in [-0.39, 0.29) is 0 Å². The fourth-order valence-corrected chi connectivity index (χ4v) is 11.8. The fourth-order valence-electron chi connectivity index (χ4n) is 11.8. The van der Waals surface area contributed by atoms with Gasteiger partial charge in [-0.1, -0.05) is 194 Å². The zero-order valence-electron chi connectivity index (χ0n) is 44.6. The first kappa shape index (κ1) is 48.0. The van der Waals surface area contributed by atoms with Gasteiger partial charge in [-0.15, -0.1) is 0 Å². The van der Waals surface area contributed by atoms with Gasteiger partial charge in [-0.05, 0) is 138 Å². The Labute approximate surface area is 475 Å². The lowest BCUT2D eigenvalue weighted by Crippen LogP contribution is -2.09. The Morgan fingerprint density at radius 2 is 0.610 bits per heavy atom. The first-order valence-electron chi connectivity index (χ1n) is 27.7. The van der Waals surface area contributed by atoms with E-state index in [0.717, 1.165) is 117 Å². The zero-order valence-corrected chi connectivity index (χ0v) is 44.6.